The molecule has 102 valence electrons. The van der Waals surface area contributed by atoms with Gasteiger partial charge in [0.15, 0.2) is 0 Å². The zero-order chi connectivity index (χ0) is 14.7. The van der Waals surface area contributed by atoms with E-state index in [0.717, 1.165) is 0 Å². The van der Waals surface area contributed by atoms with Gasteiger partial charge in [-0.1, -0.05) is 17.7 Å². The Morgan fingerprint density at radius 3 is 2.65 bits per heavy atom. The first-order chi connectivity index (χ1) is 9.47. The molecule has 0 atom stereocenters. The van der Waals surface area contributed by atoms with Crippen molar-refractivity contribution in [2.45, 2.75) is 0 Å². The van der Waals surface area contributed by atoms with Crippen molar-refractivity contribution in [3.63, 3.8) is 0 Å². The zero-order valence-electron chi connectivity index (χ0n) is 9.97. The molecule has 2 aromatic rings. The van der Waals surface area contributed by atoms with Gasteiger partial charge in [-0.05, 0) is 40.2 Å². The highest BCUT2D eigenvalue weighted by molar-refractivity contribution is 9.10. The normalized spacial score (nSPS) is 10.1. The summed E-state index contributed by atoms with van der Waals surface area (Å²) in [7, 11) is 0. The van der Waals surface area contributed by atoms with Crippen LogP contribution in [0.1, 0.15) is 10.4 Å². The molecule has 0 heterocycles. The monoisotopic (exact) mass is 354 g/mol. The van der Waals surface area contributed by atoms with Crippen molar-refractivity contribution in [1.82, 2.24) is 0 Å². The Kier molecular flexibility index (Phi) is 4.36. The molecule has 2 rings (SSSR count). The molecule has 1 N–H and O–H groups in total. The van der Waals surface area contributed by atoms with E-state index in [1.807, 2.05) is 0 Å². The van der Waals surface area contributed by atoms with Crippen LogP contribution in [0.5, 0.6) is 0 Å². The average molecular weight is 356 g/mol. The van der Waals surface area contributed by atoms with E-state index < -0.39 is 4.92 Å². The first kappa shape index (κ1) is 14.5. The minimum absolute atomic E-state index is 0.0852. The number of carbonyl (C=O) groups is 1. The smallest absolute Gasteiger partial charge is 0.271 e. The molecule has 0 saturated carbocycles. The van der Waals surface area contributed by atoms with E-state index in [1.54, 1.807) is 24.3 Å². The summed E-state index contributed by atoms with van der Waals surface area (Å²) in [5, 5.41) is 13.8. The van der Waals surface area contributed by atoms with Crippen LogP contribution in [0.3, 0.4) is 0 Å². The van der Waals surface area contributed by atoms with Crippen LogP contribution in [-0.2, 0) is 0 Å². The molecule has 0 radical (unpaired) electrons. The minimum Gasteiger partial charge on any atom is -0.322 e. The van der Waals surface area contributed by atoms with Crippen molar-refractivity contribution in [3.05, 3.63) is 67.6 Å². The van der Waals surface area contributed by atoms with Gasteiger partial charge in [0.05, 0.1) is 10.5 Å². The number of nitrogens with one attached hydrogen (secondary N) is 1. The number of benzene rings is 2. The first-order valence-electron chi connectivity index (χ1n) is 5.48. The van der Waals surface area contributed by atoms with E-state index >= 15 is 0 Å². The minimum atomic E-state index is -0.520. The van der Waals surface area contributed by atoms with Gasteiger partial charge in [0, 0.05) is 27.3 Å². The second-order valence-corrected chi connectivity index (χ2v) is 5.18. The summed E-state index contributed by atoms with van der Waals surface area (Å²) < 4.78 is 0.549. The van der Waals surface area contributed by atoms with Crippen molar-refractivity contribution in [2.24, 2.45) is 0 Å². The maximum Gasteiger partial charge on any atom is 0.271 e. The number of anilines is 1. The fraction of sp³-hybridized carbons (Fsp3) is 0. The van der Waals surface area contributed by atoms with Crippen LogP contribution in [0, 0.1) is 10.1 Å². The van der Waals surface area contributed by atoms with Gasteiger partial charge in [-0.15, -0.1) is 0 Å². The third kappa shape index (κ3) is 3.34. The number of rotatable bonds is 3. The number of carbonyl (C=O) groups excluding carboxylic acids is 1. The predicted molar refractivity (Wildman–Crippen MR) is 80.2 cm³/mol. The highest BCUT2D eigenvalue weighted by Gasteiger charge is 2.12. The number of halogens is 2. The summed E-state index contributed by atoms with van der Waals surface area (Å²) >= 11 is 9.05. The average Bonchev–Trinajstić information content (AvgIpc) is 2.38. The van der Waals surface area contributed by atoms with Gasteiger partial charge in [0.1, 0.15) is 0 Å². The number of nitrogens with zero attached hydrogens (tertiary/aromatic N) is 1. The maximum atomic E-state index is 12.1. The summed E-state index contributed by atoms with van der Waals surface area (Å²) in [5.74, 6) is -0.381. The van der Waals surface area contributed by atoms with E-state index in [-0.39, 0.29) is 11.6 Å². The fourth-order valence-corrected chi connectivity index (χ4v) is 2.43. The van der Waals surface area contributed by atoms with E-state index in [9.17, 15) is 14.9 Å². The number of hydrogen-bond donors (Lipinski definition) is 1. The summed E-state index contributed by atoms with van der Waals surface area (Å²) in [4.78, 5) is 22.2. The molecule has 0 spiro atoms. The Morgan fingerprint density at radius 1 is 1.25 bits per heavy atom. The van der Waals surface area contributed by atoms with Gasteiger partial charge in [-0.3, -0.25) is 14.9 Å². The van der Waals surface area contributed by atoms with Crippen molar-refractivity contribution in [1.29, 1.82) is 0 Å². The molecule has 5 nitrogen and oxygen atoms in total. The van der Waals surface area contributed by atoms with Crippen LogP contribution in [0.4, 0.5) is 11.4 Å². The molecule has 0 aromatic heterocycles. The van der Waals surface area contributed by atoms with Crippen molar-refractivity contribution >= 4 is 44.8 Å². The predicted octanol–water partition coefficient (Wildman–Crippen LogP) is 4.26. The van der Waals surface area contributed by atoms with Gasteiger partial charge in [-0.25, -0.2) is 0 Å². The molecule has 0 bridgehead atoms. The van der Waals surface area contributed by atoms with E-state index in [4.69, 9.17) is 11.6 Å². The lowest BCUT2D eigenvalue weighted by atomic mass is 10.2. The van der Waals surface area contributed by atoms with Crippen molar-refractivity contribution in [2.75, 3.05) is 5.32 Å². The summed E-state index contributed by atoms with van der Waals surface area (Å²) in [6.07, 6.45) is 0. The SMILES string of the molecule is O=C(Nc1cccc([N+](=O)[O-])c1)c1ccc(Cl)cc1Br. The summed E-state index contributed by atoms with van der Waals surface area (Å²) in [5.41, 5.74) is 0.657. The molecular weight excluding hydrogens is 348 g/mol. The topological polar surface area (TPSA) is 72.2 Å². The Balaban J connectivity index is 2.23. The second kappa shape index (κ2) is 6.02. The number of nitro benzene ring substituents is 1. The highest BCUT2D eigenvalue weighted by atomic mass is 79.9. The molecule has 0 aliphatic heterocycles. The second-order valence-electron chi connectivity index (χ2n) is 3.89. The maximum absolute atomic E-state index is 12.1. The lowest BCUT2D eigenvalue weighted by Crippen LogP contribution is -2.12. The largest absolute Gasteiger partial charge is 0.322 e. The van der Waals surface area contributed by atoms with Crippen LogP contribution in [-0.4, -0.2) is 10.8 Å². The quantitative estimate of drug-likeness (QED) is 0.660. The number of non-ortho nitro benzene ring substituents is 1. The number of amides is 1. The molecule has 0 saturated heterocycles. The molecule has 0 aliphatic rings. The molecule has 0 unspecified atom stereocenters. The number of nitro groups is 1. The van der Waals surface area contributed by atoms with Gasteiger partial charge in [-0.2, -0.15) is 0 Å². The van der Waals surface area contributed by atoms with Crippen LogP contribution in [0.15, 0.2) is 46.9 Å². The molecule has 7 heteroatoms. The Morgan fingerprint density at radius 2 is 2.00 bits per heavy atom. The fourth-order valence-electron chi connectivity index (χ4n) is 1.57. The van der Waals surface area contributed by atoms with Gasteiger partial charge < -0.3 is 5.32 Å². The molecule has 0 fully saturated rings. The highest BCUT2D eigenvalue weighted by Crippen LogP contribution is 2.23. The van der Waals surface area contributed by atoms with Crippen molar-refractivity contribution in [3.8, 4) is 0 Å². The lowest BCUT2D eigenvalue weighted by molar-refractivity contribution is -0.384. The van der Waals surface area contributed by atoms with Crippen LogP contribution < -0.4 is 5.32 Å². The Bertz CT molecular complexity index is 691. The van der Waals surface area contributed by atoms with E-state index in [1.165, 1.54) is 18.2 Å². The number of hydrogen-bond acceptors (Lipinski definition) is 3. The van der Waals surface area contributed by atoms with Crippen LogP contribution >= 0.6 is 27.5 Å². The van der Waals surface area contributed by atoms with Gasteiger partial charge >= 0.3 is 0 Å². The van der Waals surface area contributed by atoms with E-state index in [2.05, 4.69) is 21.2 Å². The van der Waals surface area contributed by atoms with Crippen LogP contribution in [0.2, 0.25) is 5.02 Å². The molecule has 1 amide bonds. The third-order valence-electron chi connectivity index (χ3n) is 2.49. The Labute approximate surface area is 127 Å². The zero-order valence-corrected chi connectivity index (χ0v) is 12.3. The Hall–Kier alpha value is -1.92. The third-order valence-corrected chi connectivity index (χ3v) is 3.38. The van der Waals surface area contributed by atoms with E-state index in [0.29, 0.717) is 20.7 Å². The standard InChI is InChI=1S/C13H8BrClN2O3/c14-12-6-8(15)4-5-11(12)13(18)16-9-2-1-3-10(7-9)17(19)20/h1-7H,(H,16,18). The molecule has 2 aromatic carbocycles. The van der Waals surface area contributed by atoms with Crippen LogP contribution in [0.25, 0.3) is 0 Å². The summed E-state index contributed by atoms with van der Waals surface area (Å²) in [6.45, 7) is 0. The summed E-state index contributed by atoms with van der Waals surface area (Å²) in [6, 6.07) is 10.5. The lowest BCUT2D eigenvalue weighted by Gasteiger charge is -2.07. The van der Waals surface area contributed by atoms with Gasteiger partial charge in [0.2, 0.25) is 0 Å². The first-order valence-corrected chi connectivity index (χ1v) is 6.65. The van der Waals surface area contributed by atoms with Crippen molar-refractivity contribution < 1.29 is 9.72 Å². The molecule has 0 aliphatic carbocycles. The molecular formula is C13H8BrClN2O3. The molecule has 20 heavy (non-hydrogen) atoms. The van der Waals surface area contributed by atoms with Gasteiger partial charge in [0.25, 0.3) is 11.6 Å².